The topological polar surface area (TPSA) is 68.1 Å². The number of nitro groups is 1. The van der Waals surface area contributed by atoms with Gasteiger partial charge in [0.05, 0.1) is 4.92 Å². The SMILES string of the molecule is C[C@@H](NCc1ccc([N+](=O)[O-])cc1)c1cccnc1. The zero-order valence-corrected chi connectivity index (χ0v) is 10.6. The van der Waals surface area contributed by atoms with E-state index in [-0.39, 0.29) is 11.7 Å². The molecule has 0 aliphatic heterocycles. The molecule has 0 spiro atoms. The van der Waals surface area contributed by atoms with Gasteiger partial charge in [0.2, 0.25) is 0 Å². The Balaban J connectivity index is 1.93. The number of nitro benzene ring substituents is 1. The van der Waals surface area contributed by atoms with Crippen LogP contribution in [0.2, 0.25) is 0 Å². The lowest BCUT2D eigenvalue weighted by atomic mass is 10.1. The summed E-state index contributed by atoms with van der Waals surface area (Å²) in [6.07, 6.45) is 3.57. The van der Waals surface area contributed by atoms with Crippen LogP contribution in [0.4, 0.5) is 5.69 Å². The summed E-state index contributed by atoms with van der Waals surface area (Å²) in [5.74, 6) is 0. The van der Waals surface area contributed by atoms with E-state index in [9.17, 15) is 10.1 Å². The number of hydrogen-bond acceptors (Lipinski definition) is 4. The molecule has 98 valence electrons. The van der Waals surface area contributed by atoms with Crippen LogP contribution >= 0.6 is 0 Å². The molecule has 0 aliphatic rings. The summed E-state index contributed by atoms with van der Waals surface area (Å²) in [6.45, 7) is 2.72. The van der Waals surface area contributed by atoms with E-state index < -0.39 is 4.92 Å². The Bertz CT molecular complexity index is 540. The highest BCUT2D eigenvalue weighted by Gasteiger charge is 2.06. The van der Waals surface area contributed by atoms with Crippen molar-refractivity contribution in [3.63, 3.8) is 0 Å². The minimum absolute atomic E-state index is 0.115. The lowest BCUT2D eigenvalue weighted by molar-refractivity contribution is -0.384. The smallest absolute Gasteiger partial charge is 0.269 e. The molecule has 1 aromatic heterocycles. The van der Waals surface area contributed by atoms with Crippen LogP contribution in [0, 0.1) is 10.1 Å². The molecule has 0 aliphatic carbocycles. The second-order valence-electron chi connectivity index (χ2n) is 4.31. The van der Waals surface area contributed by atoms with E-state index >= 15 is 0 Å². The van der Waals surface area contributed by atoms with Gasteiger partial charge in [0.25, 0.3) is 5.69 Å². The fourth-order valence-corrected chi connectivity index (χ4v) is 1.76. The van der Waals surface area contributed by atoms with E-state index in [2.05, 4.69) is 17.2 Å². The van der Waals surface area contributed by atoms with Gasteiger partial charge < -0.3 is 5.32 Å². The molecule has 5 heteroatoms. The maximum absolute atomic E-state index is 10.5. The molecule has 0 amide bonds. The highest BCUT2D eigenvalue weighted by Crippen LogP contribution is 2.14. The molecular weight excluding hydrogens is 242 g/mol. The molecule has 0 radical (unpaired) electrons. The van der Waals surface area contributed by atoms with Crippen molar-refractivity contribution in [1.82, 2.24) is 10.3 Å². The van der Waals surface area contributed by atoms with Gasteiger partial charge in [0.1, 0.15) is 0 Å². The van der Waals surface area contributed by atoms with Crippen molar-refractivity contribution in [2.75, 3.05) is 0 Å². The van der Waals surface area contributed by atoms with Crippen LogP contribution in [0.25, 0.3) is 0 Å². The number of non-ortho nitro benzene ring substituents is 1. The second-order valence-corrected chi connectivity index (χ2v) is 4.31. The zero-order valence-electron chi connectivity index (χ0n) is 10.6. The Morgan fingerprint density at radius 1 is 1.32 bits per heavy atom. The van der Waals surface area contributed by atoms with Crippen molar-refractivity contribution in [3.05, 3.63) is 70.0 Å². The van der Waals surface area contributed by atoms with Crippen LogP contribution in [0.15, 0.2) is 48.8 Å². The summed E-state index contributed by atoms with van der Waals surface area (Å²) >= 11 is 0. The summed E-state index contributed by atoms with van der Waals surface area (Å²) in [5, 5.41) is 13.9. The van der Waals surface area contributed by atoms with Crippen molar-refractivity contribution in [2.24, 2.45) is 0 Å². The van der Waals surface area contributed by atoms with Crippen LogP contribution in [-0.2, 0) is 6.54 Å². The number of rotatable bonds is 5. The minimum atomic E-state index is -0.393. The van der Waals surface area contributed by atoms with E-state index in [0.29, 0.717) is 6.54 Å². The van der Waals surface area contributed by atoms with Crippen LogP contribution in [-0.4, -0.2) is 9.91 Å². The number of nitrogens with one attached hydrogen (secondary N) is 1. The monoisotopic (exact) mass is 257 g/mol. The number of benzene rings is 1. The molecule has 2 rings (SSSR count). The largest absolute Gasteiger partial charge is 0.306 e. The molecule has 0 saturated heterocycles. The average molecular weight is 257 g/mol. The Labute approximate surface area is 111 Å². The van der Waals surface area contributed by atoms with Crippen molar-refractivity contribution in [1.29, 1.82) is 0 Å². The molecular formula is C14H15N3O2. The van der Waals surface area contributed by atoms with Crippen LogP contribution in [0.1, 0.15) is 24.1 Å². The van der Waals surface area contributed by atoms with Crippen LogP contribution in [0.3, 0.4) is 0 Å². The van der Waals surface area contributed by atoms with E-state index in [1.807, 2.05) is 18.3 Å². The Kier molecular flexibility index (Phi) is 4.20. The van der Waals surface area contributed by atoms with Gasteiger partial charge in [0.15, 0.2) is 0 Å². The van der Waals surface area contributed by atoms with Gasteiger partial charge in [-0.15, -0.1) is 0 Å². The standard InChI is InChI=1S/C14H15N3O2/c1-11(13-3-2-8-15-10-13)16-9-12-4-6-14(7-5-12)17(18)19/h2-8,10-11,16H,9H2,1H3/t11-/m1/s1. The first-order valence-corrected chi connectivity index (χ1v) is 6.03. The Morgan fingerprint density at radius 3 is 2.63 bits per heavy atom. The summed E-state index contributed by atoms with van der Waals surface area (Å²) in [7, 11) is 0. The molecule has 1 heterocycles. The molecule has 2 aromatic rings. The van der Waals surface area contributed by atoms with Gasteiger partial charge in [-0.2, -0.15) is 0 Å². The minimum Gasteiger partial charge on any atom is -0.306 e. The first-order valence-electron chi connectivity index (χ1n) is 6.03. The van der Waals surface area contributed by atoms with Crippen molar-refractivity contribution in [2.45, 2.75) is 19.5 Å². The normalized spacial score (nSPS) is 12.1. The lowest BCUT2D eigenvalue weighted by Gasteiger charge is -2.13. The fourth-order valence-electron chi connectivity index (χ4n) is 1.76. The molecule has 0 unspecified atom stereocenters. The zero-order chi connectivity index (χ0) is 13.7. The molecule has 0 saturated carbocycles. The molecule has 1 atom stereocenters. The molecule has 1 aromatic carbocycles. The first-order chi connectivity index (χ1) is 9.16. The van der Waals surface area contributed by atoms with Crippen LogP contribution < -0.4 is 5.32 Å². The van der Waals surface area contributed by atoms with Gasteiger partial charge >= 0.3 is 0 Å². The maximum Gasteiger partial charge on any atom is 0.269 e. The third-order valence-electron chi connectivity index (χ3n) is 2.94. The molecule has 5 nitrogen and oxygen atoms in total. The predicted molar refractivity (Wildman–Crippen MR) is 72.6 cm³/mol. The van der Waals surface area contributed by atoms with E-state index in [0.717, 1.165) is 11.1 Å². The van der Waals surface area contributed by atoms with Crippen molar-refractivity contribution in [3.8, 4) is 0 Å². The Hall–Kier alpha value is -2.27. The first kappa shape index (κ1) is 13.2. The maximum atomic E-state index is 10.5. The number of pyridine rings is 1. The third kappa shape index (κ3) is 3.59. The van der Waals surface area contributed by atoms with Crippen molar-refractivity contribution < 1.29 is 4.92 Å². The molecule has 19 heavy (non-hydrogen) atoms. The van der Waals surface area contributed by atoms with Gasteiger partial charge in [-0.05, 0) is 24.1 Å². The fraction of sp³-hybridized carbons (Fsp3) is 0.214. The van der Waals surface area contributed by atoms with E-state index in [1.165, 1.54) is 12.1 Å². The third-order valence-corrected chi connectivity index (χ3v) is 2.94. The average Bonchev–Trinajstić information content (AvgIpc) is 2.46. The summed E-state index contributed by atoms with van der Waals surface area (Å²) in [6, 6.07) is 10.7. The highest BCUT2D eigenvalue weighted by molar-refractivity contribution is 5.32. The Morgan fingerprint density at radius 2 is 2.05 bits per heavy atom. The van der Waals surface area contributed by atoms with Gasteiger partial charge in [0, 0.05) is 37.1 Å². The number of nitrogens with zero attached hydrogens (tertiary/aromatic N) is 2. The summed E-state index contributed by atoms with van der Waals surface area (Å²) in [4.78, 5) is 14.2. The molecule has 0 bridgehead atoms. The van der Waals surface area contributed by atoms with Gasteiger partial charge in [-0.3, -0.25) is 15.1 Å². The molecule has 0 fully saturated rings. The summed E-state index contributed by atoms with van der Waals surface area (Å²) in [5.41, 5.74) is 2.25. The van der Waals surface area contributed by atoms with E-state index in [1.54, 1.807) is 18.3 Å². The number of hydrogen-bond donors (Lipinski definition) is 1. The predicted octanol–water partition coefficient (Wildman–Crippen LogP) is 2.84. The summed E-state index contributed by atoms with van der Waals surface area (Å²) < 4.78 is 0. The quantitative estimate of drug-likeness (QED) is 0.660. The van der Waals surface area contributed by atoms with Gasteiger partial charge in [-0.1, -0.05) is 18.2 Å². The highest BCUT2D eigenvalue weighted by atomic mass is 16.6. The van der Waals surface area contributed by atoms with Gasteiger partial charge in [-0.25, -0.2) is 0 Å². The second kappa shape index (κ2) is 6.06. The van der Waals surface area contributed by atoms with Crippen LogP contribution in [0.5, 0.6) is 0 Å². The van der Waals surface area contributed by atoms with E-state index in [4.69, 9.17) is 0 Å². The lowest BCUT2D eigenvalue weighted by Crippen LogP contribution is -2.18. The molecule has 1 N–H and O–H groups in total. The number of aromatic nitrogens is 1. The van der Waals surface area contributed by atoms with Crippen molar-refractivity contribution >= 4 is 5.69 Å².